The molecule has 1 unspecified atom stereocenters. The number of anilines is 1. The van der Waals surface area contributed by atoms with Crippen LogP contribution in [0.25, 0.3) is 10.8 Å². The van der Waals surface area contributed by atoms with Crippen LogP contribution in [0.3, 0.4) is 0 Å². The van der Waals surface area contributed by atoms with Gasteiger partial charge in [0.1, 0.15) is 17.6 Å². The lowest BCUT2D eigenvalue weighted by Gasteiger charge is -2.35. The molecule has 0 saturated carbocycles. The molecule has 1 atom stereocenters. The third-order valence-electron chi connectivity index (χ3n) is 3.98. The first-order chi connectivity index (χ1) is 10.2. The predicted octanol–water partition coefficient (Wildman–Crippen LogP) is 2.47. The van der Waals surface area contributed by atoms with Crippen molar-refractivity contribution >= 4 is 22.6 Å². The van der Waals surface area contributed by atoms with Gasteiger partial charge in [-0.3, -0.25) is 0 Å². The van der Waals surface area contributed by atoms with Gasteiger partial charge in [0, 0.05) is 18.1 Å². The largest absolute Gasteiger partial charge is 0.508 e. The number of hydrogen-bond donors (Lipinski definition) is 1. The molecule has 1 N–H and O–H groups in total. The zero-order valence-electron chi connectivity index (χ0n) is 12.0. The number of benzene rings is 1. The van der Waals surface area contributed by atoms with Crippen LogP contribution >= 0.6 is 0 Å². The van der Waals surface area contributed by atoms with Crippen molar-refractivity contribution in [2.24, 2.45) is 0 Å². The van der Waals surface area contributed by atoms with E-state index in [-0.39, 0.29) is 17.8 Å². The summed E-state index contributed by atoms with van der Waals surface area (Å²) in [5.74, 6) is 0.704. The summed E-state index contributed by atoms with van der Waals surface area (Å²) in [7, 11) is 1.41. The fourth-order valence-electron chi connectivity index (χ4n) is 2.94. The van der Waals surface area contributed by atoms with E-state index in [2.05, 4.69) is 4.98 Å². The van der Waals surface area contributed by atoms with Crippen molar-refractivity contribution < 1.29 is 14.6 Å². The van der Waals surface area contributed by atoms with Crippen LogP contribution in [-0.2, 0) is 9.53 Å². The first-order valence-electron chi connectivity index (χ1n) is 7.13. The van der Waals surface area contributed by atoms with Gasteiger partial charge in [0.05, 0.1) is 7.11 Å². The average Bonchev–Trinajstić information content (AvgIpc) is 2.53. The van der Waals surface area contributed by atoms with Crippen LogP contribution in [0.4, 0.5) is 5.82 Å². The third kappa shape index (κ3) is 2.51. The number of ether oxygens (including phenoxy) is 1. The number of hydrogen-bond acceptors (Lipinski definition) is 5. The Bertz CT molecular complexity index is 672. The third-order valence-corrected chi connectivity index (χ3v) is 3.98. The van der Waals surface area contributed by atoms with Crippen molar-refractivity contribution in [3.63, 3.8) is 0 Å². The van der Waals surface area contributed by atoms with Crippen LogP contribution < -0.4 is 4.90 Å². The van der Waals surface area contributed by atoms with Gasteiger partial charge in [-0.25, -0.2) is 9.78 Å². The SMILES string of the molecule is COC(=O)C1CCCCN1c1nccc2ccc(O)cc12. The number of aromatic hydroxyl groups is 1. The van der Waals surface area contributed by atoms with E-state index in [1.165, 1.54) is 7.11 Å². The Morgan fingerprint density at radius 2 is 2.24 bits per heavy atom. The van der Waals surface area contributed by atoms with Crippen molar-refractivity contribution in [1.82, 2.24) is 4.98 Å². The summed E-state index contributed by atoms with van der Waals surface area (Å²) < 4.78 is 4.92. The van der Waals surface area contributed by atoms with E-state index >= 15 is 0 Å². The van der Waals surface area contributed by atoms with Crippen LogP contribution in [-0.4, -0.2) is 35.8 Å². The Kier molecular flexibility index (Phi) is 3.64. The number of phenols is 1. The number of methoxy groups -OCH3 is 1. The molecule has 110 valence electrons. The van der Waals surface area contributed by atoms with Gasteiger partial charge in [0.25, 0.3) is 0 Å². The molecule has 1 aliphatic rings. The van der Waals surface area contributed by atoms with E-state index in [0.717, 1.165) is 42.4 Å². The molecule has 0 radical (unpaired) electrons. The van der Waals surface area contributed by atoms with Gasteiger partial charge in [0.15, 0.2) is 0 Å². The lowest BCUT2D eigenvalue weighted by atomic mass is 10.0. The maximum absolute atomic E-state index is 12.0. The molecule has 1 saturated heterocycles. The fourth-order valence-corrected chi connectivity index (χ4v) is 2.94. The topological polar surface area (TPSA) is 62.7 Å². The Morgan fingerprint density at radius 1 is 1.38 bits per heavy atom. The van der Waals surface area contributed by atoms with Crippen molar-refractivity contribution in [3.8, 4) is 5.75 Å². The molecule has 21 heavy (non-hydrogen) atoms. The van der Waals surface area contributed by atoms with E-state index < -0.39 is 0 Å². The number of carbonyl (C=O) groups excluding carboxylic acids is 1. The minimum Gasteiger partial charge on any atom is -0.508 e. The van der Waals surface area contributed by atoms with Gasteiger partial charge < -0.3 is 14.7 Å². The number of aromatic nitrogens is 1. The van der Waals surface area contributed by atoms with E-state index in [4.69, 9.17) is 4.74 Å². The minimum absolute atomic E-state index is 0.198. The standard InChI is InChI=1S/C16H18N2O3/c1-21-16(20)14-4-2-3-9-18(14)15-13-10-12(19)6-5-11(13)7-8-17-15/h5-8,10,14,19H,2-4,9H2,1H3. The zero-order chi connectivity index (χ0) is 14.8. The Balaban J connectivity index is 2.09. The van der Waals surface area contributed by atoms with Crippen molar-refractivity contribution in [2.75, 3.05) is 18.6 Å². The summed E-state index contributed by atoms with van der Waals surface area (Å²) in [6.45, 7) is 0.765. The van der Waals surface area contributed by atoms with Crippen LogP contribution in [0.15, 0.2) is 30.5 Å². The normalized spacial score (nSPS) is 18.7. The first kappa shape index (κ1) is 13.7. The predicted molar refractivity (Wildman–Crippen MR) is 80.4 cm³/mol. The quantitative estimate of drug-likeness (QED) is 0.859. The second-order valence-electron chi connectivity index (χ2n) is 5.27. The van der Waals surface area contributed by atoms with Crippen molar-refractivity contribution in [3.05, 3.63) is 30.5 Å². The Hall–Kier alpha value is -2.30. The molecule has 0 aliphatic carbocycles. The highest BCUT2D eigenvalue weighted by atomic mass is 16.5. The van der Waals surface area contributed by atoms with Crippen molar-refractivity contribution in [2.45, 2.75) is 25.3 Å². The number of piperidine rings is 1. The van der Waals surface area contributed by atoms with E-state index in [9.17, 15) is 9.90 Å². The number of esters is 1. The maximum atomic E-state index is 12.0. The fraction of sp³-hybridized carbons (Fsp3) is 0.375. The molecule has 0 bridgehead atoms. The van der Waals surface area contributed by atoms with Crippen LogP contribution in [0.5, 0.6) is 5.75 Å². The molecule has 1 aliphatic heterocycles. The van der Waals surface area contributed by atoms with Crippen LogP contribution in [0.1, 0.15) is 19.3 Å². The summed E-state index contributed by atoms with van der Waals surface area (Å²) in [5, 5.41) is 11.6. The van der Waals surface area contributed by atoms with Gasteiger partial charge in [-0.15, -0.1) is 0 Å². The summed E-state index contributed by atoms with van der Waals surface area (Å²) >= 11 is 0. The smallest absolute Gasteiger partial charge is 0.328 e. The Labute approximate surface area is 123 Å². The second kappa shape index (κ2) is 5.60. The van der Waals surface area contributed by atoms with Crippen molar-refractivity contribution in [1.29, 1.82) is 0 Å². The van der Waals surface area contributed by atoms with Crippen LogP contribution in [0.2, 0.25) is 0 Å². The number of carbonyl (C=O) groups is 1. The number of fused-ring (bicyclic) bond motifs is 1. The highest BCUT2D eigenvalue weighted by molar-refractivity contribution is 5.94. The highest BCUT2D eigenvalue weighted by Crippen LogP contribution is 2.31. The van der Waals surface area contributed by atoms with Gasteiger partial charge >= 0.3 is 5.97 Å². The van der Waals surface area contributed by atoms with Crippen LogP contribution in [0, 0.1) is 0 Å². The molecule has 1 aromatic heterocycles. The number of rotatable bonds is 2. The molecule has 3 rings (SSSR count). The number of nitrogens with zero attached hydrogens (tertiary/aromatic N) is 2. The molecular formula is C16H18N2O3. The maximum Gasteiger partial charge on any atom is 0.328 e. The molecule has 1 aromatic carbocycles. The first-order valence-corrected chi connectivity index (χ1v) is 7.13. The monoisotopic (exact) mass is 286 g/mol. The zero-order valence-corrected chi connectivity index (χ0v) is 12.0. The van der Waals surface area contributed by atoms with E-state index in [1.807, 2.05) is 17.0 Å². The second-order valence-corrected chi connectivity index (χ2v) is 5.27. The number of pyridine rings is 1. The van der Waals surface area contributed by atoms with Gasteiger partial charge in [0.2, 0.25) is 0 Å². The minimum atomic E-state index is -0.302. The highest BCUT2D eigenvalue weighted by Gasteiger charge is 2.31. The summed E-state index contributed by atoms with van der Waals surface area (Å²) in [6, 6.07) is 6.80. The number of phenolic OH excluding ortho intramolecular Hbond substituents is 1. The molecule has 0 spiro atoms. The molecule has 5 heteroatoms. The Morgan fingerprint density at radius 3 is 3.05 bits per heavy atom. The summed E-state index contributed by atoms with van der Waals surface area (Å²) in [5.41, 5.74) is 0. The van der Waals surface area contributed by atoms with E-state index in [0.29, 0.717) is 0 Å². The van der Waals surface area contributed by atoms with Gasteiger partial charge in [-0.2, -0.15) is 0 Å². The molecule has 5 nitrogen and oxygen atoms in total. The molecule has 1 fully saturated rings. The summed E-state index contributed by atoms with van der Waals surface area (Å²) in [4.78, 5) is 18.5. The lowest BCUT2D eigenvalue weighted by Crippen LogP contribution is -2.45. The molecule has 0 amide bonds. The van der Waals surface area contributed by atoms with E-state index in [1.54, 1.807) is 18.3 Å². The summed E-state index contributed by atoms with van der Waals surface area (Å²) in [6.07, 6.45) is 4.53. The molecule has 2 heterocycles. The molecule has 2 aromatic rings. The van der Waals surface area contributed by atoms with Gasteiger partial charge in [-0.1, -0.05) is 6.07 Å². The van der Waals surface area contributed by atoms with Gasteiger partial charge in [-0.05, 0) is 42.8 Å². The lowest BCUT2D eigenvalue weighted by molar-refractivity contribution is -0.142. The molecular weight excluding hydrogens is 268 g/mol. The average molecular weight is 286 g/mol.